The molecule has 0 fully saturated rings. The van der Waals surface area contributed by atoms with Gasteiger partial charge in [-0.3, -0.25) is 0 Å². The van der Waals surface area contributed by atoms with Gasteiger partial charge in [0.15, 0.2) is 0 Å². The molecule has 140 valence electrons. The molecule has 0 aliphatic rings. The number of nitrogens with one attached hydrogen (secondary N) is 1. The zero-order valence-electron chi connectivity index (χ0n) is 15.5. The molecule has 0 radical (unpaired) electrons. The van der Waals surface area contributed by atoms with Crippen LogP contribution in [0, 0.1) is 0 Å². The fourth-order valence-electron chi connectivity index (χ4n) is 2.42. The molecule has 1 atom stereocenters. The van der Waals surface area contributed by atoms with E-state index in [2.05, 4.69) is 12.2 Å². The summed E-state index contributed by atoms with van der Waals surface area (Å²) in [6, 6.07) is 8.78. The number of ether oxygens (including phenoxy) is 2. The number of unbranched alkanes of at least 4 members (excludes halogenated alkanes) is 4. The van der Waals surface area contributed by atoms with E-state index in [0.29, 0.717) is 13.0 Å². The van der Waals surface area contributed by atoms with Gasteiger partial charge in [0.05, 0.1) is 6.61 Å². The van der Waals surface area contributed by atoms with Gasteiger partial charge in [0, 0.05) is 0 Å². The molecule has 0 aliphatic heterocycles. The smallest absolute Gasteiger partial charge is 0.408 e. The maximum atomic E-state index is 12.1. The first-order chi connectivity index (χ1) is 12.2. The van der Waals surface area contributed by atoms with Crippen LogP contribution in [0.3, 0.4) is 0 Å². The fraction of sp³-hybridized carbons (Fsp3) is 0.600. The van der Waals surface area contributed by atoms with Gasteiger partial charge >= 0.3 is 12.1 Å². The summed E-state index contributed by atoms with van der Waals surface area (Å²) in [5.41, 5.74) is 0.902. The van der Waals surface area contributed by atoms with Crippen LogP contribution in [-0.2, 0) is 20.9 Å². The molecule has 5 nitrogen and oxygen atoms in total. The fourth-order valence-corrected chi connectivity index (χ4v) is 2.42. The van der Waals surface area contributed by atoms with E-state index in [-0.39, 0.29) is 12.6 Å². The Hall–Kier alpha value is -2.04. The summed E-state index contributed by atoms with van der Waals surface area (Å²) < 4.78 is 10.5. The van der Waals surface area contributed by atoms with Crippen molar-refractivity contribution in [3.05, 3.63) is 35.9 Å². The summed E-state index contributed by atoms with van der Waals surface area (Å²) in [7, 11) is 0. The molecule has 1 amide bonds. The van der Waals surface area contributed by atoms with Crippen LogP contribution < -0.4 is 5.32 Å². The Bertz CT molecular complexity index is 490. The topological polar surface area (TPSA) is 64.6 Å². The number of hydrogen-bond donors (Lipinski definition) is 1. The highest BCUT2D eigenvalue weighted by atomic mass is 16.6. The van der Waals surface area contributed by atoms with Gasteiger partial charge in [0.25, 0.3) is 0 Å². The number of rotatable bonds is 12. The van der Waals surface area contributed by atoms with Gasteiger partial charge in [0.2, 0.25) is 0 Å². The first kappa shape index (κ1) is 21.0. The van der Waals surface area contributed by atoms with E-state index >= 15 is 0 Å². The van der Waals surface area contributed by atoms with E-state index in [4.69, 9.17) is 9.47 Å². The molecule has 0 aliphatic carbocycles. The Kier molecular flexibility index (Phi) is 11.2. The average Bonchev–Trinajstić information content (AvgIpc) is 2.63. The van der Waals surface area contributed by atoms with Gasteiger partial charge in [-0.2, -0.15) is 0 Å². The van der Waals surface area contributed by atoms with Crippen LogP contribution in [0.15, 0.2) is 30.3 Å². The van der Waals surface area contributed by atoms with E-state index in [0.717, 1.165) is 31.2 Å². The predicted octanol–water partition coefficient (Wildman–Crippen LogP) is 4.60. The summed E-state index contributed by atoms with van der Waals surface area (Å²) in [4.78, 5) is 24.1. The third-order valence-electron chi connectivity index (χ3n) is 3.86. The minimum Gasteiger partial charge on any atom is -0.464 e. The van der Waals surface area contributed by atoms with Crippen molar-refractivity contribution in [2.75, 3.05) is 6.61 Å². The minimum absolute atomic E-state index is 0.179. The molecular formula is C20H31NO4. The van der Waals surface area contributed by atoms with Crippen molar-refractivity contribution in [2.45, 2.75) is 71.4 Å². The van der Waals surface area contributed by atoms with E-state index < -0.39 is 12.1 Å². The first-order valence-electron chi connectivity index (χ1n) is 9.31. The molecule has 0 spiro atoms. The van der Waals surface area contributed by atoms with Crippen molar-refractivity contribution in [2.24, 2.45) is 0 Å². The van der Waals surface area contributed by atoms with Crippen LogP contribution in [-0.4, -0.2) is 24.7 Å². The van der Waals surface area contributed by atoms with Crippen LogP contribution in [0.5, 0.6) is 0 Å². The predicted molar refractivity (Wildman–Crippen MR) is 98.2 cm³/mol. The van der Waals surface area contributed by atoms with Gasteiger partial charge in [-0.25, -0.2) is 9.59 Å². The van der Waals surface area contributed by atoms with Crippen molar-refractivity contribution in [1.29, 1.82) is 0 Å². The second kappa shape index (κ2) is 13.3. The lowest BCUT2D eigenvalue weighted by Crippen LogP contribution is -2.42. The summed E-state index contributed by atoms with van der Waals surface area (Å²) in [6.45, 7) is 4.71. The van der Waals surface area contributed by atoms with Crippen LogP contribution in [0.2, 0.25) is 0 Å². The monoisotopic (exact) mass is 349 g/mol. The van der Waals surface area contributed by atoms with Gasteiger partial charge in [-0.05, 0) is 18.4 Å². The lowest BCUT2D eigenvalue weighted by molar-refractivity contribution is -0.146. The van der Waals surface area contributed by atoms with E-state index in [9.17, 15) is 9.59 Å². The summed E-state index contributed by atoms with van der Waals surface area (Å²) in [5.74, 6) is -0.381. The van der Waals surface area contributed by atoms with Crippen LogP contribution in [0.4, 0.5) is 4.79 Å². The van der Waals surface area contributed by atoms with E-state index in [1.165, 1.54) is 12.8 Å². The molecule has 25 heavy (non-hydrogen) atoms. The number of carbonyl (C=O) groups is 2. The highest BCUT2D eigenvalue weighted by Gasteiger charge is 2.22. The van der Waals surface area contributed by atoms with E-state index in [1.54, 1.807) is 0 Å². The third-order valence-corrected chi connectivity index (χ3v) is 3.86. The van der Waals surface area contributed by atoms with Crippen LogP contribution in [0.25, 0.3) is 0 Å². The largest absolute Gasteiger partial charge is 0.464 e. The van der Waals surface area contributed by atoms with Crippen molar-refractivity contribution in [3.63, 3.8) is 0 Å². The zero-order valence-corrected chi connectivity index (χ0v) is 15.5. The molecular weight excluding hydrogens is 318 g/mol. The molecule has 1 aromatic rings. The molecule has 1 N–H and O–H groups in total. The lowest BCUT2D eigenvalue weighted by Gasteiger charge is -2.17. The Morgan fingerprint density at radius 3 is 2.36 bits per heavy atom. The van der Waals surface area contributed by atoms with Gasteiger partial charge in [0.1, 0.15) is 12.6 Å². The van der Waals surface area contributed by atoms with Crippen LogP contribution in [0.1, 0.15) is 64.4 Å². The first-order valence-corrected chi connectivity index (χ1v) is 9.31. The number of carbonyl (C=O) groups excluding carboxylic acids is 2. The van der Waals surface area contributed by atoms with Crippen molar-refractivity contribution >= 4 is 12.1 Å². The maximum Gasteiger partial charge on any atom is 0.408 e. The SMILES string of the molecule is CCCCCCCOC(=O)C(CCC)NC(=O)OCc1ccccc1. The number of esters is 1. The quantitative estimate of drug-likeness (QED) is 0.442. The van der Waals surface area contributed by atoms with Crippen LogP contribution >= 0.6 is 0 Å². The molecule has 0 heterocycles. The molecule has 0 aromatic heterocycles. The number of amides is 1. The number of alkyl carbamates (subject to hydrolysis) is 1. The highest BCUT2D eigenvalue weighted by molar-refractivity contribution is 5.81. The second-order valence-corrected chi connectivity index (χ2v) is 6.13. The average molecular weight is 349 g/mol. The van der Waals surface area contributed by atoms with Gasteiger partial charge in [-0.15, -0.1) is 0 Å². The molecule has 0 bridgehead atoms. The summed E-state index contributed by atoms with van der Waals surface area (Å²) >= 11 is 0. The Labute approximate surface area is 151 Å². The summed E-state index contributed by atoms with van der Waals surface area (Å²) in [5, 5.41) is 2.61. The molecule has 1 rings (SSSR count). The minimum atomic E-state index is -0.649. The molecule has 5 heteroatoms. The molecule has 1 aromatic carbocycles. The normalized spacial score (nSPS) is 11.6. The third kappa shape index (κ3) is 9.75. The maximum absolute atomic E-state index is 12.1. The van der Waals surface area contributed by atoms with E-state index in [1.807, 2.05) is 37.3 Å². The van der Waals surface area contributed by atoms with Gasteiger partial charge < -0.3 is 14.8 Å². The van der Waals surface area contributed by atoms with Crippen molar-refractivity contribution in [3.8, 4) is 0 Å². The van der Waals surface area contributed by atoms with Crippen molar-refractivity contribution < 1.29 is 19.1 Å². The zero-order chi connectivity index (χ0) is 18.3. The lowest BCUT2D eigenvalue weighted by atomic mass is 10.1. The Morgan fingerprint density at radius 1 is 0.960 bits per heavy atom. The summed E-state index contributed by atoms with van der Waals surface area (Å²) in [6.07, 6.45) is 6.20. The van der Waals surface area contributed by atoms with Crippen molar-refractivity contribution in [1.82, 2.24) is 5.32 Å². The number of hydrogen-bond acceptors (Lipinski definition) is 4. The molecule has 1 unspecified atom stereocenters. The Morgan fingerprint density at radius 2 is 1.68 bits per heavy atom. The Balaban J connectivity index is 2.31. The van der Waals surface area contributed by atoms with Gasteiger partial charge in [-0.1, -0.05) is 76.3 Å². The number of benzene rings is 1. The second-order valence-electron chi connectivity index (χ2n) is 6.13. The molecule has 0 saturated carbocycles. The highest BCUT2D eigenvalue weighted by Crippen LogP contribution is 2.06. The standard InChI is InChI=1S/C20H31NO4/c1-3-5-6-7-11-15-24-19(22)18(12-4-2)21-20(23)25-16-17-13-9-8-10-14-17/h8-10,13-14,18H,3-7,11-12,15-16H2,1-2H3,(H,21,23). The molecule has 0 saturated heterocycles.